The van der Waals surface area contributed by atoms with Gasteiger partial charge in [-0.2, -0.15) is 18.2 Å². The first-order valence-corrected chi connectivity index (χ1v) is 19.1. The van der Waals surface area contributed by atoms with E-state index in [-0.39, 0.29) is 55.1 Å². The lowest BCUT2D eigenvalue weighted by molar-refractivity contribution is -0.142. The number of likely N-dealkylation sites (tertiary alicyclic amines) is 1. The molecule has 1 saturated carbocycles. The molecule has 2 aliphatic heterocycles. The number of hydrogen-bond donors (Lipinski definition) is 2. The smallest absolute Gasteiger partial charge is 0.417 e. The molecule has 6 unspecified atom stereocenters. The lowest BCUT2D eigenvalue weighted by atomic mass is 9.49. The van der Waals surface area contributed by atoms with Gasteiger partial charge in [0, 0.05) is 22.0 Å². The number of ether oxygens (including phenoxy) is 1. The number of rotatable bonds is 8. The fourth-order valence-corrected chi connectivity index (χ4v) is 9.95. The van der Waals surface area contributed by atoms with Crippen LogP contribution in [0.4, 0.5) is 19.0 Å². The number of anilines is 1. The fourth-order valence-electron chi connectivity index (χ4n) is 8.92. The van der Waals surface area contributed by atoms with Crippen molar-refractivity contribution < 1.29 is 42.2 Å². The number of imide groups is 2. The number of alkyl halides is 3. The van der Waals surface area contributed by atoms with Crippen LogP contribution in [0.1, 0.15) is 47.3 Å². The van der Waals surface area contributed by atoms with Crippen molar-refractivity contribution in [1.29, 1.82) is 0 Å². The second-order valence-corrected chi connectivity index (χ2v) is 15.8. The summed E-state index contributed by atoms with van der Waals surface area (Å²) < 4.78 is 46.2. The number of amides is 4. The summed E-state index contributed by atoms with van der Waals surface area (Å²) >= 11 is 14.0. The number of pyridine rings is 1. The Morgan fingerprint density at radius 1 is 1.02 bits per heavy atom. The van der Waals surface area contributed by atoms with E-state index in [1.807, 2.05) is 23.6 Å². The number of hydrazine groups is 1. The number of carbonyl (C=O) groups excluding carboxylic acids is 4. The lowest BCUT2D eigenvalue weighted by Crippen LogP contribution is -2.53. The van der Waals surface area contributed by atoms with E-state index in [4.69, 9.17) is 27.9 Å². The van der Waals surface area contributed by atoms with Crippen LogP contribution in [0.2, 0.25) is 10.0 Å². The van der Waals surface area contributed by atoms with Crippen LogP contribution in [-0.2, 0) is 37.3 Å². The zero-order valence-electron chi connectivity index (χ0n) is 28.8. The molecule has 6 atom stereocenters. The predicted molar refractivity (Wildman–Crippen MR) is 196 cm³/mol. The van der Waals surface area contributed by atoms with Gasteiger partial charge in [-0.1, -0.05) is 59.1 Å². The Bertz CT molecular complexity index is 2270. The van der Waals surface area contributed by atoms with Crippen molar-refractivity contribution in [1.82, 2.24) is 14.9 Å². The zero-order chi connectivity index (χ0) is 39.0. The van der Waals surface area contributed by atoms with Crippen LogP contribution in [0.5, 0.6) is 11.5 Å². The molecule has 2 aliphatic carbocycles. The van der Waals surface area contributed by atoms with Gasteiger partial charge in [-0.25, -0.2) is 4.98 Å². The summed E-state index contributed by atoms with van der Waals surface area (Å²) in [5, 5.41) is 13.2. The summed E-state index contributed by atoms with van der Waals surface area (Å²) in [4.78, 5) is 64.4. The first kappa shape index (κ1) is 37.0. The molecule has 8 rings (SSSR count). The van der Waals surface area contributed by atoms with Crippen molar-refractivity contribution in [2.45, 2.75) is 43.8 Å². The molecule has 0 spiro atoms. The minimum absolute atomic E-state index is 0.0225. The van der Waals surface area contributed by atoms with E-state index in [1.165, 1.54) is 22.3 Å². The zero-order valence-corrected chi connectivity index (χ0v) is 31.2. The van der Waals surface area contributed by atoms with Crippen LogP contribution in [0.3, 0.4) is 0 Å². The number of thiophene rings is 1. The number of aromatic nitrogens is 1. The first-order valence-electron chi connectivity index (χ1n) is 17.4. The van der Waals surface area contributed by atoms with Gasteiger partial charge in [0.1, 0.15) is 0 Å². The van der Waals surface area contributed by atoms with Crippen LogP contribution in [-0.4, -0.2) is 50.2 Å². The fraction of sp³-hybridized carbons (Fsp3) is 0.308. The molecule has 0 radical (unpaired) electrons. The SMILES string of the molecule is CCOc1cc(C2C3=CCC4C(=O)N(Cc5cccs5)C(=O)C4C3CC3C(=O)N(Nc4ncc(C(F)(F)F)cc4Cl)C(=O)C32c2ccc(Cl)cc2)ccc1O. The van der Waals surface area contributed by atoms with Crippen LogP contribution < -0.4 is 10.2 Å². The average Bonchev–Trinajstić information content (AvgIpc) is 3.81. The summed E-state index contributed by atoms with van der Waals surface area (Å²) in [7, 11) is 0. The Labute approximate surface area is 326 Å². The molecule has 284 valence electrons. The van der Waals surface area contributed by atoms with Crippen molar-refractivity contribution in [2.24, 2.45) is 23.7 Å². The highest BCUT2D eigenvalue weighted by Gasteiger charge is 2.70. The molecule has 0 bridgehead atoms. The number of allylic oxidation sites excluding steroid dienone is 2. The van der Waals surface area contributed by atoms with Crippen LogP contribution in [0.25, 0.3) is 0 Å². The molecule has 4 heterocycles. The number of phenols is 1. The monoisotopic (exact) mass is 810 g/mol. The number of benzene rings is 2. The molecule has 2 saturated heterocycles. The van der Waals surface area contributed by atoms with Gasteiger partial charge in [0.15, 0.2) is 17.3 Å². The highest BCUT2D eigenvalue weighted by Crippen LogP contribution is 2.64. The molecular formula is C39H31Cl2F3N4O6S. The normalized spacial score (nSPS) is 26.1. The Balaban J connectivity index is 1.31. The summed E-state index contributed by atoms with van der Waals surface area (Å²) in [6, 6.07) is 15.4. The van der Waals surface area contributed by atoms with E-state index in [1.54, 1.807) is 43.3 Å². The molecule has 3 fully saturated rings. The minimum atomic E-state index is -4.75. The highest BCUT2D eigenvalue weighted by molar-refractivity contribution is 7.09. The first-order chi connectivity index (χ1) is 26.2. The average molecular weight is 812 g/mol. The van der Waals surface area contributed by atoms with Gasteiger partial charge >= 0.3 is 6.18 Å². The number of aromatic hydroxyl groups is 1. The Morgan fingerprint density at radius 2 is 1.78 bits per heavy atom. The van der Waals surface area contributed by atoms with Gasteiger partial charge in [-0.3, -0.25) is 29.5 Å². The molecular weight excluding hydrogens is 780 g/mol. The van der Waals surface area contributed by atoms with Crippen molar-refractivity contribution in [2.75, 3.05) is 12.0 Å². The van der Waals surface area contributed by atoms with Gasteiger partial charge in [0.25, 0.3) is 11.8 Å². The van der Waals surface area contributed by atoms with Crippen molar-refractivity contribution in [3.63, 3.8) is 0 Å². The Morgan fingerprint density at radius 3 is 2.45 bits per heavy atom. The number of phenolic OH excluding ortho intramolecular Hbond substituents is 1. The quantitative estimate of drug-likeness (QED) is 0.137. The third-order valence-electron chi connectivity index (χ3n) is 11.2. The van der Waals surface area contributed by atoms with E-state index in [2.05, 4.69) is 10.4 Å². The maximum absolute atomic E-state index is 15.3. The molecule has 10 nitrogen and oxygen atoms in total. The number of halogens is 5. The molecule has 16 heteroatoms. The van der Waals surface area contributed by atoms with E-state index in [0.29, 0.717) is 34.0 Å². The van der Waals surface area contributed by atoms with Gasteiger partial charge in [-0.05, 0) is 78.6 Å². The van der Waals surface area contributed by atoms with Crippen LogP contribution in [0, 0.1) is 23.7 Å². The summed E-state index contributed by atoms with van der Waals surface area (Å²) in [6.45, 7) is 2.05. The molecule has 2 aromatic carbocycles. The largest absolute Gasteiger partial charge is 0.504 e. The molecule has 4 amide bonds. The van der Waals surface area contributed by atoms with Crippen molar-refractivity contribution in [3.05, 3.63) is 116 Å². The number of nitrogens with zero attached hydrogens (tertiary/aromatic N) is 3. The maximum atomic E-state index is 15.3. The van der Waals surface area contributed by atoms with E-state index in [0.717, 1.165) is 9.89 Å². The number of hydrogen-bond acceptors (Lipinski definition) is 9. The van der Waals surface area contributed by atoms with Gasteiger partial charge in [-0.15, -0.1) is 11.3 Å². The summed E-state index contributed by atoms with van der Waals surface area (Å²) in [5.74, 6) is -6.91. The van der Waals surface area contributed by atoms with Crippen LogP contribution >= 0.6 is 34.5 Å². The molecule has 2 aromatic heterocycles. The van der Waals surface area contributed by atoms with Crippen LogP contribution in [0.15, 0.2) is 83.9 Å². The van der Waals surface area contributed by atoms with Gasteiger partial charge in [0.2, 0.25) is 11.8 Å². The highest BCUT2D eigenvalue weighted by atomic mass is 35.5. The predicted octanol–water partition coefficient (Wildman–Crippen LogP) is 7.76. The molecule has 4 aliphatic rings. The van der Waals surface area contributed by atoms with Gasteiger partial charge < -0.3 is 9.84 Å². The molecule has 55 heavy (non-hydrogen) atoms. The lowest BCUT2D eigenvalue weighted by Gasteiger charge is -2.50. The maximum Gasteiger partial charge on any atom is 0.417 e. The van der Waals surface area contributed by atoms with Crippen molar-refractivity contribution in [3.8, 4) is 11.5 Å². The van der Waals surface area contributed by atoms with E-state index in [9.17, 15) is 32.7 Å². The van der Waals surface area contributed by atoms with E-state index >= 15 is 4.79 Å². The molecule has 4 aromatic rings. The van der Waals surface area contributed by atoms with Crippen molar-refractivity contribution >= 4 is 64.0 Å². The molecule has 2 N–H and O–H groups in total. The third kappa shape index (κ3) is 5.87. The minimum Gasteiger partial charge on any atom is -0.504 e. The summed E-state index contributed by atoms with van der Waals surface area (Å²) in [6.07, 6.45) is -2.14. The second kappa shape index (κ2) is 13.7. The van der Waals surface area contributed by atoms with E-state index < -0.39 is 63.6 Å². The third-order valence-corrected chi connectivity index (χ3v) is 12.6. The summed E-state index contributed by atoms with van der Waals surface area (Å²) in [5.41, 5.74) is 1.32. The Kier molecular flexibility index (Phi) is 9.21. The standard InChI is InChI=1S/C39H31Cl2F3N4O6S/c1-2-54-30-14-19(5-12-29(30)49)32-24-10-11-25-31(36(52)47(34(25)50)18-23-4-3-13-55-23)26(24)16-27-35(51)48(37(53)38(27,32)20-6-8-22(40)9-7-20)46-33-28(41)15-21(17-45-33)39(42,43)44/h3-10,12-15,17,25-27,31-32,49H,2,11,16,18H2,1H3,(H,45,46). The number of fused-ring (bicyclic) bond motifs is 4. The Hall–Kier alpha value is -4.92. The van der Waals surface area contributed by atoms with Gasteiger partial charge in [0.05, 0.1) is 46.9 Å². The topological polar surface area (TPSA) is 129 Å². The second-order valence-electron chi connectivity index (χ2n) is 13.9. The number of carbonyl (C=O) groups is 4. The number of nitrogens with one attached hydrogen (secondary N) is 1.